The number of alkyl carbamates (subject to hydrolysis) is 2. The highest BCUT2D eigenvalue weighted by atomic mass is 16.5. The largest absolute Gasteiger partial charge is 0.488 e. The number of hydrogen-bond acceptors (Lipinski definition) is 10. The average molecular weight is 875 g/mol. The lowest BCUT2D eigenvalue weighted by Crippen LogP contribution is -2.54. The van der Waals surface area contributed by atoms with Crippen LogP contribution in [0, 0.1) is 17.8 Å². The molecule has 9 rings (SSSR count). The first-order chi connectivity index (χ1) is 31.0. The minimum Gasteiger partial charge on any atom is -0.488 e. The van der Waals surface area contributed by atoms with Crippen LogP contribution in [0.3, 0.4) is 0 Å². The number of aromatic nitrogens is 4. The fourth-order valence-electron chi connectivity index (χ4n) is 10.4. The molecule has 0 saturated carbocycles. The van der Waals surface area contributed by atoms with Gasteiger partial charge >= 0.3 is 12.2 Å². The third-order valence-corrected chi connectivity index (χ3v) is 13.8. The van der Waals surface area contributed by atoms with E-state index in [4.69, 9.17) is 28.9 Å². The molecule has 0 spiro atoms. The lowest BCUT2D eigenvalue weighted by Gasteiger charge is -2.36. The number of amides is 4. The average Bonchev–Trinajstić information content (AvgIpc) is 4.14. The summed E-state index contributed by atoms with van der Waals surface area (Å²) in [5.41, 5.74) is 6.60. The molecule has 338 valence electrons. The van der Waals surface area contributed by atoms with Crippen LogP contribution in [0.4, 0.5) is 9.59 Å². The standard InChI is InChI=1S/C48H58N8O8/c1-7-31-10-13-37(56(31)46(58)41(54-48(60)62-6)27-14-16-63-17-15-27)44-50-35-12-9-28-20-34-32-11-8-29(19-30(32)24-64-39(34)21-33(28)42(35)52-44)36-22-49-43(51-36)38-18-26(4)23-55(38)45(57)40(25(2)3)53-47(59)61-5/h8-9,11-12,19-22,25-27,31,37-38,40-41H,7,10,13-18,23-24H2,1-6H3,(H,49,51)(H,50,52)(H,53,59)(H,54,60). The molecule has 4 aliphatic heterocycles. The number of ether oxygens (including phenoxy) is 4. The van der Waals surface area contributed by atoms with Crippen LogP contribution in [0.5, 0.6) is 5.75 Å². The fraction of sp³-hybridized carbons (Fsp3) is 0.500. The number of likely N-dealkylation sites (tertiary alicyclic amines) is 2. The van der Waals surface area contributed by atoms with Crippen LogP contribution >= 0.6 is 0 Å². The molecule has 16 heteroatoms. The molecule has 2 aromatic heterocycles. The first kappa shape index (κ1) is 43.1. The van der Waals surface area contributed by atoms with E-state index < -0.39 is 24.3 Å². The monoisotopic (exact) mass is 874 g/mol. The van der Waals surface area contributed by atoms with E-state index in [9.17, 15) is 19.2 Å². The Morgan fingerprint density at radius 1 is 0.891 bits per heavy atom. The molecule has 3 fully saturated rings. The van der Waals surface area contributed by atoms with Crippen molar-refractivity contribution < 1.29 is 38.1 Å². The van der Waals surface area contributed by atoms with Gasteiger partial charge in [-0.05, 0) is 103 Å². The van der Waals surface area contributed by atoms with Gasteiger partial charge in [-0.15, -0.1) is 0 Å². The Labute approximate surface area is 372 Å². The van der Waals surface area contributed by atoms with Gasteiger partial charge in [0, 0.05) is 36.8 Å². The van der Waals surface area contributed by atoms with Crippen molar-refractivity contribution in [3.05, 3.63) is 65.9 Å². The molecule has 16 nitrogen and oxygen atoms in total. The quantitative estimate of drug-likeness (QED) is 0.109. The SMILES string of the molecule is CCC1CCC(c2nc3c(ccc4cc5c(cc43)OCc3cc(-c4cnc(C6CC(C)CN6C(=O)C(NC(=O)OC)C(C)C)[nH]4)ccc3-5)[nH]2)N1C(=O)C(NC(=O)OC)C1CCOCC1. The van der Waals surface area contributed by atoms with Crippen LogP contribution in [-0.2, 0) is 30.4 Å². The second kappa shape index (κ2) is 17.8. The molecular weight excluding hydrogens is 817 g/mol. The van der Waals surface area contributed by atoms with E-state index >= 15 is 0 Å². The van der Waals surface area contributed by atoms with Crippen LogP contribution in [0.2, 0.25) is 0 Å². The molecule has 4 amide bonds. The molecule has 5 aromatic rings. The van der Waals surface area contributed by atoms with Gasteiger partial charge in [0.1, 0.15) is 36.1 Å². The molecule has 64 heavy (non-hydrogen) atoms. The van der Waals surface area contributed by atoms with Gasteiger partial charge in [-0.25, -0.2) is 19.6 Å². The second-order valence-electron chi connectivity index (χ2n) is 18.2. The second-order valence-corrected chi connectivity index (χ2v) is 18.2. The molecule has 0 radical (unpaired) electrons. The summed E-state index contributed by atoms with van der Waals surface area (Å²) in [6, 6.07) is 12.7. The number of fused-ring (bicyclic) bond motifs is 6. The maximum Gasteiger partial charge on any atom is 0.407 e. The molecule has 6 atom stereocenters. The highest BCUT2D eigenvalue weighted by molar-refractivity contribution is 6.07. The molecule has 3 aromatic carbocycles. The van der Waals surface area contributed by atoms with Gasteiger partial charge in [-0.1, -0.05) is 45.9 Å². The first-order valence-corrected chi connectivity index (χ1v) is 22.6. The number of imidazole rings is 2. The maximum atomic E-state index is 14.5. The van der Waals surface area contributed by atoms with E-state index in [0.29, 0.717) is 45.0 Å². The van der Waals surface area contributed by atoms with Gasteiger partial charge in [-0.2, -0.15) is 0 Å². The number of carbonyl (C=O) groups excluding carboxylic acids is 4. The number of rotatable bonds is 10. The highest BCUT2D eigenvalue weighted by Crippen LogP contribution is 2.44. The summed E-state index contributed by atoms with van der Waals surface area (Å²) in [5.74, 6) is 2.02. The molecule has 0 aliphatic carbocycles. The predicted octanol–water partition coefficient (Wildman–Crippen LogP) is 7.55. The van der Waals surface area contributed by atoms with E-state index in [2.05, 4.69) is 70.8 Å². The summed E-state index contributed by atoms with van der Waals surface area (Å²) >= 11 is 0. The zero-order valence-corrected chi connectivity index (χ0v) is 37.4. The van der Waals surface area contributed by atoms with Crippen LogP contribution in [0.1, 0.15) is 95.5 Å². The molecule has 3 saturated heterocycles. The van der Waals surface area contributed by atoms with Gasteiger partial charge in [0.25, 0.3) is 0 Å². The zero-order valence-electron chi connectivity index (χ0n) is 37.4. The number of benzene rings is 3. The minimum absolute atomic E-state index is 0.0126. The van der Waals surface area contributed by atoms with Gasteiger partial charge in [0.2, 0.25) is 11.8 Å². The third-order valence-electron chi connectivity index (χ3n) is 13.8. The molecule has 4 N–H and O–H groups in total. The van der Waals surface area contributed by atoms with Crippen LogP contribution in [0.15, 0.2) is 48.7 Å². The van der Waals surface area contributed by atoms with E-state index in [1.54, 1.807) is 0 Å². The molecule has 6 heterocycles. The van der Waals surface area contributed by atoms with Crippen molar-refractivity contribution >= 4 is 45.8 Å². The Morgan fingerprint density at radius 3 is 2.42 bits per heavy atom. The predicted molar refractivity (Wildman–Crippen MR) is 239 cm³/mol. The van der Waals surface area contributed by atoms with Crippen LogP contribution < -0.4 is 15.4 Å². The van der Waals surface area contributed by atoms with Crippen molar-refractivity contribution in [3.63, 3.8) is 0 Å². The minimum atomic E-state index is -0.721. The van der Waals surface area contributed by atoms with E-state index in [0.717, 1.165) is 87.0 Å². The Balaban J connectivity index is 0.970. The van der Waals surface area contributed by atoms with Crippen molar-refractivity contribution in [1.82, 2.24) is 40.4 Å². The van der Waals surface area contributed by atoms with Crippen molar-refractivity contribution in [2.45, 2.75) is 103 Å². The first-order valence-electron chi connectivity index (χ1n) is 22.6. The van der Waals surface area contributed by atoms with Gasteiger partial charge in [-0.3, -0.25) is 9.59 Å². The topological polar surface area (TPSA) is 193 Å². The number of hydrogen-bond donors (Lipinski definition) is 4. The summed E-state index contributed by atoms with van der Waals surface area (Å²) in [6.07, 6.45) is 5.06. The van der Waals surface area contributed by atoms with Crippen molar-refractivity contribution in [2.75, 3.05) is 34.0 Å². The van der Waals surface area contributed by atoms with E-state index in [-0.39, 0.29) is 47.7 Å². The summed E-state index contributed by atoms with van der Waals surface area (Å²) in [7, 11) is 2.61. The number of nitrogens with one attached hydrogen (secondary N) is 4. The Hall–Kier alpha value is -6.16. The molecule has 6 unspecified atom stereocenters. The number of aromatic amines is 2. The lowest BCUT2D eigenvalue weighted by atomic mass is 9.90. The number of nitrogens with zero attached hydrogens (tertiary/aromatic N) is 4. The summed E-state index contributed by atoms with van der Waals surface area (Å²) < 4.78 is 21.8. The smallest absolute Gasteiger partial charge is 0.407 e. The number of methoxy groups -OCH3 is 2. The third kappa shape index (κ3) is 8.01. The Kier molecular flexibility index (Phi) is 12.0. The fourth-order valence-corrected chi connectivity index (χ4v) is 10.4. The lowest BCUT2D eigenvalue weighted by molar-refractivity contribution is -0.139. The highest BCUT2D eigenvalue weighted by Gasteiger charge is 2.44. The zero-order chi connectivity index (χ0) is 44.8. The van der Waals surface area contributed by atoms with E-state index in [1.165, 1.54) is 14.2 Å². The Morgan fingerprint density at radius 2 is 1.67 bits per heavy atom. The molecule has 0 bridgehead atoms. The summed E-state index contributed by atoms with van der Waals surface area (Å²) in [4.78, 5) is 73.8. The van der Waals surface area contributed by atoms with Gasteiger partial charge in [0.15, 0.2) is 0 Å². The van der Waals surface area contributed by atoms with Gasteiger partial charge in [0.05, 0.1) is 49.2 Å². The summed E-state index contributed by atoms with van der Waals surface area (Å²) in [6.45, 7) is 10.1. The normalized spacial score (nSPS) is 21.9. The van der Waals surface area contributed by atoms with Crippen molar-refractivity contribution in [3.8, 4) is 28.1 Å². The molecule has 4 aliphatic rings. The van der Waals surface area contributed by atoms with Crippen molar-refractivity contribution in [2.24, 2.45) is 17.8 Å². The number of carbonyl (C=O) groups is 4. The maximum absolute atomic E-state index is 14.5. The van der Waals surface area contributed by atoms with Crippen LogP contribution in [0.25, 0.3) is 44.2 Å². The van der Waals surface area contributed by atoms with Crippen LogP contribution in [-0.4, -0.2) is 106 Å². The van der Waals surface area contributed by atoms with Gasteiger partial charge < -0.3 is 49.3 Å². The van der Waals surface area contributed by atoms with Crippen molar-refractivity contribution in [1.29, 1.82) is 0 Å². The van der Waals surface area contributed by atoms with E-state index in [1.807, 2.05) is 35.9 Å². The number of H-pyrrole nitrogens is 2. The molecular formula is C48H58N8O8. The Bertz CT molecular complexity index is 2580. The summed E-state index contributed by atoms with van der Waals surface area (Å²) in [5, 5.41) is 7.57.